The molecule has 0 radical (unpaired) electrons. The Morgan fingerprint density at radius 1 is 1.41 bits per heavy atom. The highest BCUT2D eigenvalue weighted by Crippen LogP contribution is 2.32. The van der Waals surface area contributed by atoms with Gasteiger partial charge in [-0.05, 0) is 36.1 Å². The van der Waals surface area contributed by atoms with Gasteiger partial charge in [-0.3, -0.25) is 0 Å². The predicted octanol–water partition coefficient (Wildman–Crippen LogP) is 2.03. The van der Waals surface area contributed by atoms with Crippen molar-refractivity contribution in [1.29, 1.82) is 0 Å². The normalized spacial score (nSPS) is 18.2. The first kappa shape index (κ1) is 10.4. The topological polar surface area (TPSA) is 64.1 Å². The van der Waals surface area contributed by atoms with E-state index in [1.807, 2.05) is 12.1 Å². The molecule has 1 unspecified atom stereocenters. The number of fused-ring (bicyclic) bond motifs is 1. The standard InChI is InChI=1S/C13H15N3O/c14-10-2-3-12-9(7-10)1-4-13(12)15-8-11-5-6-17-16-11/h2-3,5-7,13,15H,1,4,8,14H2. The van der Waals surface area contributed by atoms with Crippen LogP contribution < -0.4 is 11.1 Å². The van der Waals surface area contributed by atoms with Crippen molar-refractivity contribution < 1.29 is 4.52 Å². The molecule has 0 spiro atoms. The van der Waals surface area contributed by atoms with Gasteiger partial charge in [-0.2, -0.15) is 0 Å². The van der Waals surface area contributed by atoms with E-state index in [0.717, 1.165) is 30.8 Å². The molecule has 0 saturated heterocycles. The highest BCUT2D eigenvalue weighted by atomic mass is 16.5. The average Bonchev–Trinajstić information content (AvgIpc) is 2.94. The SMILES string of the molecule is Nc1ccc2c(c1)CCC2NCc1ccon1. The summed E-state index contributed by atoms with van der Waals surface area (Å²) in [6, 6.07) is 8.45. The Kier molecular flexibility index (Phi) is 2.57. The number of nitrogens with zero attached hydrogens (tertiary/aromatic N) is 1. The van der Waals surface area contributed by atoms with E-state index >= 15 is 0 Å². The summed E-state index contributed by atoms with van der Waals surface area (Å²) in [5.74, 6) is 0. The zero-order valence-corrected chi connectivity index (χ0v) is 9.52. The van der Waals surface area contributed by atoms with Crippen molar-refractivity contribution in [3.8, 4) is 0 Å². The summed E-state index contributed by atoms with van der Waals surface area (Å²) in [4.78, 5) is 0. The van der Waals surface area contributed by atoms with E-state index in [1.165, 1.54) is 11.1 Å². The molecule has 0 fully saturated rings. The van der Waals surface area contributed by atoms with Crippen LogP contribution in [0.5, 0.6) is 0 Å². The van der Waals surface area contributed by atoms with Crippen LogP contribution in [0.25, 0.3) is 0 Å². The van der Waals surface area contributed by atoms with Gasteiger partial charge in [-0.25, -0.2) is 0 Å². The summed E-state index contributed by atoms with van der Waals surface area (Å²) in [5, 5.41) is 7.39. The second kappa shape index (κ2) is 4.22. The third-order valence-electron chi connectivity index (χ3n) is 3.27. The number of nitrogens with one attached hydrogen (secondary N) is 1. The summed E-state index contributed by atoms with van der Waals surface area (Å²) in [6.07, 6.45) is 3.81. The van der Waals surface area contributed by atoms with Crippen LogP contribution in [0, 0.1) is 0 Å². The van der Waals surface area contributed by atoms with E-state index in [4.69, 9.17) is 10.3 Å². The molecule has 1 aliphatic rings. The molecular weight excluding hydrogens is 214 g/mol. The lowest BCUT2D eigenvalue weighted by atomic mass is 10.1. The van der Waals surface area contributed by atoms with E-state index in [0.29, 0.717) is 6.04 Å². The van der Waals surface area contributed by atoms with Gasteiger partial charge in [0.25, 0.3) is 0 Å². The molecular formula is C13H15N3O. The average molecular weight is 229 g/mol. The Bertz CT molecular complexity index is 507. The van der Waals surface area contributed by atoms with Gasteiger partial charge in [0.1, 0.15) is 6.26 Å². The number of benzene rings is 1. The molecule has 3 N–H and O–H groups in total. The Hall–Kier alpha value is -1.81. The number of hydrogen-bond acceptors (Lipinski definition) is 4. The molecule has 0 saturated carbocycles. The molecule has 17 heavy (non-hydrogen) atoms. The van der Waals surface area contributed by atoms with Gasteiger partial charge < -0.3 is 15.6 Å². The Morgan fingerprint density at radius 2 is 2.35 bits per heavy atom. The maximum atomic E-state index is 5.78. The largest absolute Gasteiger partial charge is 0.399 e. The molecule has 1 atom stereocenters. The molecule has 2 aromatic rings. The third kappa shape index (κ3) is 2.03. The fraction of sp³-hybridized carbons (Fsp3) is 0.308. The number of nitrogens with two attached hydrogens (primary N) is 1. The molecule has 1 aromatic heterocycles. The number of rotatable bonds is 3. The first-order valence-electron chi connectivity index (χ1n) is 5.84. The lowest BCUT2D eigenvalue weighted by Crippen LogP contribution is -2.18. The van der Waals surface area contributed by atoms with E-state index in [1.54, 1.807) is 6.26 Å². The summed E-state index contributed by atoms with van der Waals surface area (Å²) >= 11 is 0. The number of anilines is 1. The van der Waals surface area contributed by atoms with Crippen LogP contribution in [0.1, 0.15) is 29.3 Å². The Labute approximate surface area is 99.8 Å². The molecule has 3 rings (SSSR count). The van der Waals surface area contributed by atoms with Crippen molar-refractivity contribution in [2.24, 2.45) is 0 Å². The van der Waals surface area contributed by atoms with Crippen molar-refractivity contribution in [2.75, 3.05) is 5.73 Å². The molecule has 0 bridgehead atoms. The molecule has 4 nitrogen and oxygen atoms in total. The van der Waals surface area contributed by atoms with Crippen molar-refractivity contribution >= 4 is 5.69 Å². The molecule has 0 amide bonds. The van der Waals surface area contributed by atoms with Crippen molar-refractivity contribution in [3.63, 3.8) is 0 Å². The minimum absolute atomic E-state index is 0.405. The van der Waals surface area contributed by atoms with Gasteiger partial charge in [0.15, 0.2) is 0 Å². The van der Waals surface area contributed by atoms with Crippen molar-refractivity contribution in [3.05, 3.63) is 47.3 Å². The fourth-order valence-corrected chi connectivity index (χ4v) is 2.41. The number of nitrogen functional groups attached to an aromatic ring is 1. The third-order valence-corrected chi connectivity index (χ3v) is 3.27. The second-order valence-electron chi connectivity index (χ2n) is 4.42. The van der Waals surface area contributed by atoms with Gasteiger partial charge in [0.2, 0.25) is 0 Å². The van der Waals surface area contributed by atoms with Crippen LogP contribution in [0.2, 0.25) is 0 Å². The minimum atomic E-state index is 0.405. The molecule has 1 aliphatic carbocycles. The molecule has 88 valence electrons. The minimum Gasteiger partial charge on any atom is -0.399 e. The second-order valence-corrected chi connectivity index (χ2v) is 4.42. The van der Waals surface area contributed by atoms with E-state index in [2.05, 4.69) is 22.6 Å². The smallest absolute Gasteiger partial charge is 0.124 e. The fourth-order valence-electron chi connectivity index (χ4n) is 2.41. The summed E-state index contributed by atoms with van der Waals surface area (Å²) in [5.41, 5.74) is 10.3. The number of hydrogen-bond donors (Lipinski definition) is 2. The highest BCUT2D eigenvalue weighted by molar-refractivity contribution is 5.47. The first-order valence-corrected chi connectivity index (χ1v) is 5.84. The highest BCUT2D eigenvalue weighted by Gasteiger charge is 2.21. The summed E-state index contributed by atoms with van der Waals surface area (Å²) in [7, 11) is 0. The zero-order valence-electron chi connectivity index (χ0n) is 9.52. The molecule has 1 heterocycles. The summed E-state index contributed by atoms with van der Waals surface area (Å²) < 4.78 is 4.81. The molecule has 0 aliphatic heterocycles. The van der Waals surface area contributed by atoms with E-state index in [-0.39, 0.29) is 0 Å². The van der Waals surface area contributed by atoms with E-state index < -0.39 is 0 Å². The van der Waals surface area contributed by atoms with Crippen LogP contribution >= 0.6 is 0 Å². The lowest BCUT2D eigenvalue weighted by Gasteiger charge is -2.12. The Morgan fingerprint density at radius 3 is 3.18 bits per heavy atom. The van der Waals surface area contributed by atoms with Crippen LogP contribution in [0.4, 0.5) is 5.69 Å². The van der Waals surface area contributed by atoms with Crippen molar-refractivity contribution in [1.82, 2.24) is 10.5 Å². The maximum absolute atomic E-state index is 5.78. The van der Waals surface area contributed by atoms with Crippen LogP contribution in [-0.2, 0) is 13.0 Å². The lowest BCUT2D eigenvalue weighted by molar-refractivity contribution is 0.404. The number of aromatic nitrogens is 1. The quantitative estimate of drug-likeness (QED) is 0.790. The van der Waals surface area contributed by atoms with Gasteiger partial charge >= 0.3 is 0 Å². The monoisotopic (exact) mass is 229 g/mol. The van der Waals surface area contributed by atoms with Crippen molar-refractivity contribution in [2.45, 2.75) is 25.4 Å². The number of aryl methyl sites for hydroxylation is 1. The first-order chi connectivity index (χ1) is 8.33. The predicted molar refractivity (Wildman–Crippen MR) is 65.3 cm³/mol. The van der Waals surface area contributed by atoms with Gasteiger partial charge in [-0.1, -0.05) is 11.2 Å². The van der Waals surface area contributed by atoms with Crippen LogP contribution in [0.3, 0.4) is 0 Å². The molecule has 1 aromatic carbocycles. The summed E-state index contributed by atoms with van der Waals surface area (Å²) in [6.45, 7) is 0.741. The van der Waals surface area contributed by atoms with Gasteiger partial charge in [-0.15, -0.1) is 0 Å². The Balaban J connectivity index is 1.71. The zero-order chi connectivity index (χ0) is 11.7. The van der Waals surface area contributed by atoms with Gasteiger partial charge in [0.05, 0.1) is 5.69 Å². The van der Waals surface area contributed by atoms with Crippen LogP contribution in [0.15, 0.2) is 35.1 Å². The molecule has 4 heteroatoms. The van der Waals surface area contributed by atoms with Gasteiger partial charge in [0, 0.05) is 24.3 Å². The maximum Gasteiger partial charge on any atom is 0.124 e. The van der Waals surface area contributed by atoms with E-state index in [9.17, 15) is 0 Å². The van der Waals surface area contributed by atoms with Crippen LogP contribution in [-0.4, -0.2) is 5.16 Å².